The van der Waals surface area contributed by atoms with Gasteiger partial charge in [0.15, 0.2) is 11.5 Å². The summed E-state index contributed by atoms with van der Waals surface area (Å²) in [6.07, 6.45) is -2.14. The van der Waals surface area contributed by atoms with Crippen LogP contribution in [0.5, 0.6) is 17.2 Å². The molecule has 2 aliphatic carbocycles. The Labute approximate surface area is 195 Å². The third-order valence-corrected chi connectivity index (χ3v) is 6.78. The smallest absolute Gasteiger partial charge is 0.392 e. The molecule has 178 valence electrons. The van der Waals surface area contributed by atoms with E-state index in [4.69, 9.17) is 9.47 Å². The molecule has 0 unspecified atom stereocenters. The highest BCUT2D eigenvalue weighted by atomic mass is 19.4. The highest BCUT2D eigenvalue weighted by molar-refractivity contribution is 5.93. The van der Waals surface area contributed by atoms with E-state index in [9.17, 15) is 23.1 Å². The van der Waals surface area contributed by atoms with E-state index in [1.54, 1.807) is 42.5 Å². The summed E-state index contributed by atoms with van der Waals surface area (Å²) in [4.78, 5) is 15.1. The molecule has 5 rings (SSSR count). The van der Waals surface area contributed by atoms with Gasteiger partial charge in [-0.25, -0.2) is 0 Å². The number of likely N-dealkylation sites (N-methyl/N-ethyl adjacent to an activating group) is 1. The fraction of sp³-hybridized carbons (Fsp3) is 0.346. The first kappa shape index (κ1) is 22.4. The minimum absolute atomic E-state index is 0.0559. The molecule has 34 heavy (non-hydrogen) atoms. The Balaban J connectivity index is 1.51. The maximum Gasteiger partial charge on any atom is 0.392 e. The van der Waals surface area contributed by atoms with Gasteiger partial charge in [0.25, 0.3) is 0 Å². The number of phenolic OH excluding ortho intramolecular Hbond substituents is 1. The largest absolute Gasteiger partial charge is 0.507 e. The van der Waals surface area contributed by atoms with Gasteiger partial charge in [0.05, 0.1) is 11.8 Å². The molecule has 0 bridgehead atoms. The summed E-state index contributed by atoms with van der Waals surface area (Å²) in [5.41, 5.74) is 1.65. The quantitative estimate of drug-likeness (QED) is 0.608. The second-order valence-corrected chi connectivity index (χ2v) is 8.98. The molecule has 2 aromatic carbocycles. The first-order chi connectivity index (χ1) is 16.2. The standard InChI is InChI=1S/C26H24F3NO4/c1-30(24(32)25(10-11-25)18-8-9-22-23(13-18)34-15-33-22)20-12-16(19-4-2-3-5-21(19)31)6-7-17(20)14-26(27,28)29/h2-5,8-9,12-13,31H,6-7,10-11,14-15H2,1H3. The number of hydrogen-bond acceptors (Lipinski definition) is 4. The zero-order chi connectivity index (χ0) is 24.1. The van der Waals surface area contributed by atoms with Crippen molar-refractivity contribution in [2.75, 3.05) is 13.8 Å². The van der Waals surface area contributed by atoms with Gasteiger partial charge in [-0.1, -0.05) is 24.3 Å². The van der Waals surface area contributed by atoms with E-state index < -0.39 is 18.0 Å². The van der Waals surface area contributed by atoms with Crippen molar-refractivity contribution in [1.82, 2.24) is 4.90 Å². The van der Waals surface area contributed by atoms with Gasteiger partial charge in [-0.15, -0.1) is 0 Å². The topological polar surface area (TPSA) is 59.0 Å². The average molecular weight is 471 g/mol. The number of amides is 1. The lowest BCUT2D eigenvalue weighted by Gasteiger charge is -2.30. The number of benzene rings is 2. The third-order valence-electron chi connectivity index (χ3n) is 6.78. The van der Waals surface area contributed by atoms with Crippen LogP contribution in [-0.4, -0.2) is 35.9 Å². The number of allylic oxidation sites excluding steroid dienone is 3. The van der Waals surface area contributed by atoms with Crippen LogP contribution >= 0.6 is 0 Å². The van der Waals surface area contributed by atoms with Crippen LogP contribution in [0.3, 0.4) is 0 Å². The highest BCUT2D eigenvalue weighted by Crippen LogP contribution is 2.52. The van der Waals surface area contributed by atoms with E-state index >= 15 is 0 Å². The van der Waals surface area contributed by atoms with Crippen LogP contribution < -0.4 is 9.47 Å². The summed E-state index contributed by atoms with van der Waals surface area (Å²) in [5.74, 6) is 0.977. The number of nitrogens with zero attached hydrogens (tertiary/aromatic N) is 1. The van der Waals surface area contributed by atoms with Gasteiger partial charge < -0.3 is 19.5 Å². The minimum atomic E-state index is -4.39. The number of para-hydroxylation sites is 1. The Morgan fingerprint density at radius 1 is 1.09 bits per heavy atom. The number of phenols is 1. The summed E-state index contributed by atoms with van der Waals surface area (Å²) in [6.45, 7) is 0.118. The fourth-order valence-corrected chi connectivity index (χ4v) is 4.84. The van der Waals surface area contributed by atoms with Gasteiger partial charge in [0.1, 0.15) is 5.75 Å². The lowest BCUT2D eigenvalue weighted by atomic mass is 9.88. The van der Waals surface area contributed by atoms with Gasteiger partial charge >= 0.3 is 6.18 Å². The molecule has 0 saturated heterocycles. The van der Waals surface area contributed by atoms with Crippen LogP contribution in [0.2, 0.25) is 0 Å². The van der Waals surface area contributed by atoms with Crippen molar-refractivity contribution in [1.29, 1.82) is 0 Å². The SMILES string of the molecule is CN(C(=O)C1(c2ccc3c(c2)OCO3)CC1)C1=C(CC(F)(F)F)CCC(c2ccccc2O)=C1. The van der Waals surface area contributed by atoms with Crippen molar-refractivity contribution in [2.24, 2.45) is 0 Å². The van der Waals surface area contributed by atoms with Crippen LogP contribution in [0, 0.1) is 0 Å². The number of rotatable bonds is 5. The predicted octanol–water partition coefficient (Wildman–Crippen LogP) is 5.69. The molecule has 0 aromatic heterocycles. The number of aromatic hydroxyl groups is 1. The average Bonchev–Trinajstić information content (AvgIpc) is 3.48. The zero-order valence-electron chi connectivity index (χ0n) is 18.6. The van der Waals surface area contributed by atoms with Crippen molar-refractivity contribution in [3.8, 4) is 17.2 Å². The molecule has 1 N–H and O–H groups in total. The molecule has 3 aliphatic rings. The molecule has 1 saturated carbocycles. The Kier molecular flexibility index (Phi) is 5.34. The molecule has 1 amide bonds. The Morgan fingerprint density at radius 3 is 2.53 bits per heavy atom. The first-order valence-corrected chi connectivity index (χ1v) is 11.1. The van der Waals surface area contributed by atoms with E-state index in [1.807, 2.05) is 6.07 Å². The number of hydrogen-bond donors (Lipinski definition) is 1. The summed E-state index contributed by atoms with van der Waals surface area (Å²) < 4.78 is 50.9. The second kappa shape index (κ2) is 8.11. The molecule has 0 spiro atoms. The molecule has 1 fully saturated rings. The molecule has 0 atom stereocenters. The molecule has 2 aromatic rings. The molecule has 5 nitrogen and oxygen atoms in total. The van der Waals surface area contributed by atoms with Crippen LogP contribution in [0.4, 0.5) is 13.2 Å². The van der Waals surface area contributed by atoms with Gasteiger partial charge in [0.2, 0.25) is 12.7 Å². The van der Waals surface area contributed by atoms with Crippen LogP contribution in [-0.2, 0) is 10.2 Å². The monoisotopic (exact) mass is 471 g/mol. The van der Waals surface area contributed by atoms with E-state index in [1.165, 1.54) is 11.9 Å². The molecule has 1 heterocycles. The number of alkyl halides is 3. The maximum absolute atomic E-state index is 13.7. The van der Waals surface area contributed by atoms with E-state index in [2.05, 4.69) is 0 Å². The zero-order valence-corrected chi connectivity index (χ0v) is 18.6. The van der Waals surface area contributed by atoms with Gasteiger partial charge in [0, 0.05) is 18.3 Å². The minimum Gasteiger partial charge on any atom is -0.507 e. The van der Waals surface area contributed by atoms with Gasteiger partial charge in [-0.2, -0.15) is 13.2 Å². The van der Waals surface area contributed by atoms with Crippen LogP contribution in [0.25, 0.3) is 5.57 Å². The third kappa shape index (κ3) is 4.02. The van der Waals surface area contributed by atoms with Crippen LogP contribution in [0.15, 0.2) is 59.8 Å². The van der Waals surface area contributed by atoms with Crippen molar-refractivity contribution >= 4 is 11.5 Å². The Hall–Kier alpha value is -3.42. The molecule has 8 heteroatoms. The van der Waals surface area contributed by atoms with Gasteiger partial charge in [-0.3, -0.25) is 4.79 Å². The summed E-state index contributed by atoms with van der Waals surface area (Å²) >= 11 is 0. The van der Waals surface area contributed by atoms with Crippen LogP contribution in [0.1, 0.15) is 43.2 Å². The molecular formula is C26H24F3NO4. The summed E-state index contributed by atoms with van der Waals surface area (Å²) in [5, 5.41) is 10.3. The van der Waals surface area contributed by atoms with E-state index in [-0.39, 0.29) is 36.1 Å². The summed E-state index contributed by atoms with van der Waals surface area (Å²) in [7, 11) is 1.53. The number of ether oxygens (including phenoxy) is 2. The first-order valence-electron chi connectivity index (χ1n) is 11.1. The lowest BCUT2D eigenvalue weighted by molar-refractivity contribution is -0.132. The lowest BCUT2D eigenvalue weighted by Crippen LogP contribution is -2.37. The van der Waals surface area contributed by atoms with E-state index in [0.717, 1.165) is 5.56 Å². The normalized spacial score (nSPS) is 18.5. The van der Waals surface area contributed by atoms with Crippen molar-refractivity contribution < 1.29 is 32.5 Å². The maximum atomic E-state index is 13.7. The van der Waals surface area contributed by atoms with Crippen molar-refractivity contribution in [3.63, 3.8) is 0 Å². The van der Waals surface area contributed by atoms with Gasteiger partial charge in [-0.05, 0) is 66.7 Å². The van der Waals surface area contributed by atoms with E-state index in [0.29, 0.717) is 41.9 Å². The Bertz CT molecular complexity index is 1210. The molecule has 0 radical (unpaired) electrons. The molecular weight excluding hydrogens is 447 g/mol. The second-order valence-electron chi connectivity index (χ2n) is 8.98. The predicted molar refractivity (Wildman–Crippen MR) is 119 cm³/mol. The fourth-order valence-electron chi connectivity index (χ4n) is 4.84. The number of fused-ring (bicyclic) bond motifs is 1. The highest BCUT2D eigenvalue weighted by Gasteiger charge is 2.53. The summed E-state index contributed by atoms with van der Waals surface area (Å²) in [6, 6.07) is 12.1. The van der Waals surface area contributed by atoms with Crippen molar-refractivity contribution in [2.45, 2.75) is 43.7 Å². The Morgan fingerprint density at radius 2 is 1.82 bits per heavy atom. The van der Waals surface area contributed by atoms with Crippen molar-refractivity contribution in [3.05, 3.63) is 70.9 Å². The number of halogens is 3. The number of carbonyl (C=O) groups excluding carboxylic acids is 1. The number of carbonyl (C=O) groups is 1. The molecule has 1 aliphatic heterocycles.